The summed E-state index contributed by atoms with van der Waals surface area (Å²) in [7, 11) is 0. The molecule has 1 aromatic heterocycles. The predicted octanol–water partition coefficient (Wildman–Crippen LogP) is 4.14. The fourth-order valence-corrected chi connectivity index (χ4v) is 2.06. The van der Waals surface area contributed by atoms with Crippen LogP contribution in [0.2, 0.25) is 0 Å². The second-order valence-corrected chi connectivity index (χ2v) is 4.67. The zero-order valence-electron chi connectivity index (χ0n) is 12.1. The van der Waals surface area contributed by atoms with Crippen LogP contribution in [0.4, 0.5) is 13.2 Å². The third-order valence-electron chi connectivity index (χ3n) is 2.98. The largest absolute Gasteiger partial charge is 0.463 e. The molecule has 0 aliphatic heterocycles. The first-order chi connectivity index (χ1) is 10.3. The Kier molecular flexibility index (Phi) is 4.49. The number of aromatic nitrogens is 1. The second-order valence-electron chi connectivity index (χ2n) is 4.67. The molecule has 3 nitrogen and oxygen atoms in total. The monoisotopic (exact) mass is 309 g/mol. The summed E-state index contributed by atoms with van der Waals surface area (Å²) in [5, 5.41) is 0.541. The Morgan fingerprint density at radius 3 is 2.68 bits per heavy atom. The van der Waals surface area contributed by atoms with Crippen molar-refractivity contribution in [3.8, 4) is 0 Å². The summed E-state index contributed by atoms with van der Waals surface area (Å²) in [6.07, 6.45) is -1.65. The molecule has 2 rings (SSSR count). The Bertz CT molecular complexity index is 736. The molecule has 0 atom stereocenters. The predicted molar refractivity (Wildman–Crippen MR) is 77.1 cm³/mol. The summed E-state index contributed by atoms with van der Waals surface area (Å²) in [6.45, 7) is 3.63. The first kappa shape index (κ1) is 16.0. The molecule has 0 aliphatic carbocycles. The van der Waals surface area contributed by atoms with Crippen molar-refractivity contribution in [1.82, 2.24) is 4.98 Å². The number of benzene rings is 1. The van der Waals surface area contributed by atoms with E-state index in [0.29, 0.717) is 16.6 Å². The molecule has 0 radical (unpaired) electrons. The van der Waals surface area contributed by atoms with Crippen LogP contribution in [0.25, 0.3) is 17.0 Å². The van der Waals surface area contributed by atoms with E-state index in [0.717, 1.165) is 12.1 Å². The van der Waals surface area contributed by atoms with Crippen LogP contribution in [-0.2, 0) is 15.7 Å². The van der Waals surface area contributed by atoms with Crippen LogP contribution in [0.1, 0.15) is 23.7 Å². The lowest BCUT2D eigenvalue weighted by molar-refractivity contribution is -0.138. The molecule has 1 aromatic carbocycles. The highest BCUT2D eigenvalue weighted by Crippen LogP contribution is 2.32. The van der Waals surface area contributed by atoms with Crippen molar-refractivity contribution in [1.29, 1.82) is 0 Å². The highest BCUT2D eigenvalue weighted by atomic mass is 19.4. The molecule has 0 fully saturated rings. The molecule has 0 spiro atoms. The summed E-state index contributed by atoms with van der Waals surface area (Å²) < 4.78 is 43.0. The number of hydrogen-bond donors (Lipinski definition) is 0. The van der Waals surface area contributed by atoms with Crippen molar-refractivity contribution in [2.24, 2.45) is 0 Å². The van der Waals surface area contributed by atoms with E-state index in [1.807, 2.05) is 0 Å². The van der Waals surface area contributed by atoms with Crippen molar-refractivity contribution >= 4 is 22.9 Å². The van der Waals surface area contributed by atoms with Gasteiger partial charge in [0.05, 0.1) is 17.7 Å². The van der Waals surface area contributed by atoms with Crippen LogP contribution in [0, 0.1) is 6.92 Å². The first-order valence-electron chi connectivity index (χ1n) is 6.64. The number of rotatable bonds is 3. The molecule has 6 heteroatoms. The van der Waals surface area contributed by atoms with E-state index >= 15 is 0 Å². The lowest BCUT2D eigenvalue weighted by Gasteiger charge is -2.09. The van der Waals surface area contributed by atoms with Gasteiger partial charge in [-0.2, -0.15) is 13.2 Å². The van der Waals surface area contributed by atoms with Gasteiger partial charge in [-0.3, -0.25) is 4.98 Å². The van der Waals surface area contributed by atoms with E-state index < -0.39 is 17.7 Å². The number of hydrogen-bond acceptors (Lipinski definition) is 3. The number of fused-ring (bicyclic) bond motifs is 1. The van der Waals surface area contributed by atoms with Crippen LogP contribution in [0.5, 0.6) is 0 Å². The SMILES string of the molecule is CCOC(=O)/C=C/c1cc(C)nc2cc(C(F)(F)F)ccc12. The molecule has 0 saturated heterocycles. The standard InChI is InChI=1S/C16H14F3NO2/c1-3-22-15(21)7-4-11-8-10(2)20-14-9-12(16(17,18)19)5-6-13(11)14/h4-9H,3H2,1-2H3/b7-4+. The smallest absolute Gasteiger partial charge is 0.416 e. The van der Waals surface area contributed by atoms with E-state index in [-0.39, 0.29) is 12.1 Å². The number of esters is 1. The fraction of sp³-hybridized carbons (Fsp3) is 0.250. The van der Waals surface area contributed by atoms with Gasteiger partial charge < -0.3 is 4.74 Å². The zero-order chi connectivity index (χ0) is 16.3. The number of alkyl halides is 3. The number of halogens is 3. The van der Waals surface area contributed by atoms with E-state index in [9.17, 15) is 18.0 Å². The number of ether oxygens (including phenoxy) is 1. The van der Waals surface area contributed by atoms with Crippen LogP contribution in [0.15, 0.2) is 30.3 Å². The van der Waals surface area contributed by atoms with E-state index in [1.54, 1.807) is 19.9 Å². The van der Waals surface area contributed by atoms with Crippen molar-refractivity contribution in [3.63, 3.8) is 0 Å². The Morgan fingerprint density at radius 1 is 1.32 bits per heavy atom. The lowest BCUT2D eigenvalue weighted by atomic mass is 10.0. The summed E-state index contributed by atoms with van der Waals surface area (Å²) in [6, 6.07) is 5.06. The average molecular weight is 309 g/mol. The molecule has 0 amide bonds. The molecule has 0 aliphatic rings. The van der Waals surface area contributed by atoms with Gasteiger partial charge in [-0.05, 0) is 43.7 Å². The normalized spacial score (nSPS) is 12.0. The minimum Gasteiger partial charge on any atom is -0.463 e. The summed E-state index contributed by atoms with van der Waals surface area (Å²) in [4.78, 5) is 15.5. The van der Waals surface area contributed by atoms with E-state index in [1.165, 1.54) is 18.2 Å². The number of pyridine rings is 1. The molecule has 2 aromatic rings. The third kappa shape index (κ3) is 3.63. The molecule has 0 unspecified atom stereocenters. The summed E-state index contributed by atoms with van der Waals surface area (Å²) in [5.41, 5.74) is 0.663. The summed E-state index contributed by atoms with van der Waals surface area (Å²) >= 11 is 0. The van der Waals surface area contributed by atoms with Crippen LogP contribution in [0.3, 0.4) is 0 Å². The molecule has 1 heterocycles. The van der Waals surface area contributed by atoms with Gasteiger partial charge in [0.15, 0.2) is 0 Å². The van der Waals surface area contributed by atoms with Crippen molar-refractivity contribution < 1.29 is 22.7 Å². The zero-order valence-corrected chi connectivity index (χ0v) is 12.1. The molecular weight excluding hydrogens is 295 g/mol. The van der Waals surface area contributed by atoms with E-state index in [4.69, 9.17) is 4.74 Å². The molecule has 0 N–H and O–H groups in total. The average Bonchev–Trinajstić information content (AvgIpc) is 2.43. The topological polar surface area (TPSA) is 39.2 Å². The quantitative estimate of drug-likeness (QED) is 0.632. The highest BCUT2D eigenvalue weighted by molar-refractivity contribution is 5.93. The van der Waals surface area contributed by atoms with Gasteiger partial charge in [-0.25, -0.2) is 4.79 Å². The van der Waals surface area contributed by atoms with Crippen molar-refractivity contribution in [2.45, 2.75) is 20.0 Å². The maximum absolute atomic E-state index is 12.8. The molecule has 0 saturated carbocycles. The van der Waals surface area contributed by atoms with Gasteiger partial charge in [0.1, 0.15) is 0 Å². The highest BCUT2D eigenvalue weighted by Gasteiger charge is 2.30. The minimum absolute atomic E-state index is 0.235. The third-order valence-corrected chi connectivity index (χ3v) is 2.98. The molecule has 22 heavy (non-hydrogen) atoms. The Morgan fingerprint density at radius 2 is 2.05 bits per heavy atom. The second kappa shape index (κ2) is 6.17. The van der Waals surface area contributed by atoms with Crippen LogP contribution < -0.4 is 0 Å². The first-order valence-corrected chi connectivity index (χ1v) is 6.64. The number of carbonyl (C=O) groups excluding carboxylic acids is 1. The Hall–Kier alpha value is -2.37. The van der Waals surface area contributed by atoms with Gasteiger partial charge in [-0.1, -0.05) is 6.07 Å². The van der Waals surface area contributed by atoms with Gasteiger partial charge in [0.25, 0.3) is 0 Å². The number of carbonyl (C=O) groups is 1. The lowest BCUT2D eigenvalue weighted by Crippen LogP contribution is -2.05. The van der Waals surface area contributed by atoms with Gasteiger partial charge >= 0.3 is 12.1 Å². The summed E-state index contributed by atoms with van der Waals surface area (Å²) in [5.74, 6) is -0.503. The number of nitrogens with zero attached hydrogens (tertiary/aromatic N) is 1. The van der Waals surface area contributed by atoms with Crippen molar-refractivity contribution in [3.05, 3.63) is 47.2 Å². The Balaban J connectivity index is 2.49. The number of aryl methyl sites for hydroxylation is 1. The minimum atomic E-state index is -4.42. The van der Waals surface area contributed by atoms with E-state index in [2.05, 4.69) is 4.98 Å². The maximum Gasteiger partial charge on any atom is 0.416 e. The van der Waals surface area contributed by atoms with Gasteiger partial charge in [0.2, 0.25) is 0 Å². The van der Waals surface area contributed by atoms with Crippen LogP contribution >= 0.6 is 0 Å². The van der Waals surface area contributed by atoms with Crippen LogP contribution in [-0.4, -0.2) is 17.6 Å². The van der Waals surface area contributed by atoms with Gasteiger partial charge in [0, 0.05) is 17.2 Å². The molecular formula is C16H14F3NO2. The maximum atomic E-state index is 12.8. The van der Waals surface area contributed by atoms with Crippen molar-refractivity contribution in [2.75, 3.05) is 6.61 Å². The fourth-order valence-electron chi connectivity index (χ4n) is 2.06. The van der Waals surface area contributed by atoms with Gasteiger partial charge in [-0.15, -0.1) is 0 Å². The molecule has 0 bridgehead atoms. The molecule has 116 valence electrons. The Labute approximate surface area is 125 Å².